The highest BCUT2D eigenvalue weighted by Gasteiger charge is 2.43. The third-order valence-electron chi connectivity index (χ3n) is 5.39. The van der Waals surface area contributed by atoms with Crippen molar-refractivity contribution in [1.82, 2.24) is 10.2 Å². The van der Waals surface area contributed by atoms with Gasteiger partial charge >= 0.3 is 5.97 Å². The zero-order valence-electron chi connectivity index (χ0n) is 17.9. The first-order valence-electron chi connectivity index (χ1n) is 10.3. The average molecular weight is 424 g/mol. The lowest BCUT2D eigenvalue weighted by molar-refractivity contribution is -0.146. The third-order valence-corrected chi connectivity index (χ3v) is 5.39. The fourth-order valence-corrected chi connectivity index (χ4v) is 3.88. The van der Waals surface area contributed by atoms with Gasteiger partial charge in [-0.1, -0.05) is 62.4 Å². The molecule has 1 aliphatic heterocycles. The fourth-order valence-electron chi connectivity index (χ4n) is 3.88. The first kappa shape index (κ1) is 22.5. The first-order chi connectivity index (χ1) is 14.8. The molecule has 1 heterocycles. The molecule has 0 bridgehead atoms. The van der Waals surface area contributed by atoms with Crippen LogP contribution in [0.4, 0.5) is 0 Å². The number of hydrogen-bond acceptors (Lipinski definition) is 5. The van der Waals surface area contributed by atoms with E-state index >= 15 is 0 Å². The van der Waals surface area contributed by atoms with Crippen LogP contribution in [0.3, 0.4) is 0 Å². The molecule has 2 N–H and O–H groups in total. The maximum atomic E-state index is 13.4. The minimum Gasteiger partial charge on any atom is -0.467 e. The van der Waals surface area contributed by atoms with E-state index in [0.29, 0.717) is 17.5 Å². The number of methoxy groups -OCH3 is 1. The van der Waals surface area contributed by atoms with Crippen molar-refractivity contribution < 1.29 is 24.2 Å². The quantitative estimate of drug-likeness (QED) is 0.635. The van der Waals surface area contributed by atoms with E-state index in [0.717, 1.165) is 5.56 Å². The van der Waals surface area contributed by atoms with E-state index in [2.05, 4.69) is 5.32 Å². The molecular formula is C24H28N2O5. The van der Waals surface area contributed by atoms with Gasteiger partial charge in [-0.15, -0.1) is 0 Å². The molecule has 0 saturated carbocycles. The second-order valence-electron chi connectivity index (χ2n) is 8.09. The minimum atomic E-state index is -1.25. The van der Waals surface area contributed by atoms with Crippen molar-refractivity contribution in [3.05, 3.63) is 71.3 Å². The summed E-state index contributed by atoms with van der Waals surface area (Å²) in [5, 5.41) is 13.6. The molecule has 3 atom stereocenters. The van der Waals surface area contributed by atoms with Crippen LogP contribution in [0, 0.1) is 5.92 Å². The summed E-state index contributed by atoms with van der Waals surface area (Å²) < 4.78 is 4.85. The maximum absolute atomic E-state index is 13.4. The van der Waals surface area contributed by atoms with Gasteiger partial charge in [0, 0.05) is 17.5 Å². The second kappa shape index (κ2) is 9.75. The predicted octanol–water partition coefficient (Wildman–Crippen LogP) is 2.45. The van der Waals surface area contributed by atoms with Gasteiger partial charge in [0.25, 0.3) is 5.91 Å². The van der Waals surface area contributed by atoms with Crippen molar-refractivity contribution in [3.8, 4) is 0 Å². The molecule has 2 aromatic carbocycles. The molecule has 0 unspecified atom stereocenters. The van der Waals surface area contributed by atoms with Crippen molar-refractivity contribution in [2.24, 2.45) is 5.92 Å². The van der Waals surface area contributed by atoms with Crippen LogP contribution in [0.2, 0.25) is 0 Å². The van der Waals surface area contributed by atoms with Gasteiger partial charge in [0.05, 0.1) is 7.11 Å². The lowest BCUT2D eigenvalue weighted by atomic mass is 10.0. The number of esters is 1. The number of aliphatic hydroxyl groups excluding tert-OH is 1. The van der Waals surface area contributed by atoms with Crippen molar-refractivity contribution in [2.75, 3.05) is 7.11 Å². The Morgan fingerprint density at radius 2 is 1.74 bits per heavy atom. The molecule has 1 aliphatic rings. The predicted molar refractivity (Wildman–Crippen MR) is 115 cm³/mol. The number of benzene rings is 2. The van der Waals surface area contributed by atoms with Crippen LogP contribution in [0.1, 0.15) is 48.0 Å². The van der Waals surface area contributed by atoms with Crippen molar-refractivity contribution >= 4 is 17.8 Å². The van der Waals surface area contributed by atoms with Crippen LogP contribution in [0.5, 0.6) is 0 Å². The molecule has 0 saturated heterocycles. The number of nitrogens with one attached hydrogen (secondary N) is 1. The summed E-state index contributed by atoms with van der Waals surface area (Å²) in [5.41, 5.74) is 1.66. The molecule has 3 rings (SSSR count). The Morgan fingerprint density at radius 3 is 2.35 bits per heavy atom. The van der Waals surface area contributed by atoms with Gasteiger partial charge in [-0.2, -0.15) is 0 Å². The van der Waals surface area contributed by atoms with Crippen LogP contribution in [0.15, 0.2) is 54.6 Å². The monoisotopic (exact) mass is 424 g/mol. The van der Waals surface area contributed by atoms with Crippen molar-refractivity contribution in [1.29, 1.82) is 0 Å². The largest absolute Gasteiger partial charge is 0.467 e. The zero-order chi connectivity index (χ0) is 22.5. The molecule has 164 valence electrons. The SMILES string of the molecule is COC(=O)[C@H](CC(C)C)NC(=O)[C@@H](Cc1ccccc1)N1C(=O)c2ccccc2[C@@H]1O. The Hall–Kier alpha value is -3.19. The average Bonchev–Trinajstić information content (AvgIpc) is 3.01. The Balaban J connectivity index is 1.92. The van der Waals surface area contributed by atoms with Gasteiger partial charge in [-0.05, 0) is 24.0 Å². The molecule has 7 heteroatoms. The summed E-state index contributed by atoms with van der Waals surface area (Å²) in [4.78, 5) is 39.9. The topological polar surface area (TPSA) is 95.9 Å². The van der Waals surface area contributed by atoms with Gasteiger partial charge < -0.3 is 15.2 Å². The lowest BCUT2D eigenvalue weighted by Crippen LogP contribution is -2.54. The molecule has 0 radical (unpaired) electrons. The van der Waals surface area contributed by atoms with E-state index < -0.39 is 36.1 Å². The standard InChI is InChI=1S/C24H28N2O5/c1-15(2)13-19(24(30)31-3)25-21(27)20(14-16-9-5-4-6-10-16)26-22(28)17-11-7-8-12-18(17)23(26)29/h4-12,15,19-20,22,28H,13-14H2,1-3H3,(H,25,27)/t19-,20+,22-/m0/s1. The number of amides is 2. The highest BCUT2D eigenvalue weighted by Crippen LogP contribution is 2.34. The maximum Gasteiger partial charge on any atom is 0.328 e. The number of nitrogens with zero attached hydrogens (tertiary/aromatic N) is 1. The Labute approximate surface area is 182 Å². The molecule has 0 fully saturated rings. The van der Waals surface area contributed by atoms with Crippen LogP contribution in [0.25, 0.3) is 0 Å². The molecule has 0 spiro atoms. The van der Waals surface area contributed by atoms with E-state index in [4.69, 9.17) is 4.74 Å². The second-order valence-corrected chi connectivity index (χ2v) is 8.09. The van der Waals surface area contributed by atoms with Gasteiger partial charge in [0.15, 0.2) is 6.23 Å². The van der Waals surface area contributed by atoms with Gasteiger partial charge in [-0.25, -0.2) is 4.79 Å². The molecule has 0 aromatic heterocycles. The van der Waals surface area contributed by atoms with Crippen LogP contribution in [-0.2, 0) is 20.7 Å². The van der Waals surface area contributed by atoms with Crippen molar-refractivity contribution in [3.63, 3.8) is 0 Å². The third kappa shape index (κ3) is 4.94. The molecule has 7 nitrogen and oxygen atoms in total. The van der Waals surface area contributed by atoms with E-state index in [9.17, 15) is 19.5 Å². The number of carbonyl (C=O) groups is 3. The normalized spacial score (nSPS) is 17.3. The molecular weight excluding hydrogens is 396 g/mol. The number of hydrogen-bond donors (Lipinski definition) is 2. The Kier molecular flexibility index (Phi) is 7.07. The molecule has 0 aliphatic carbocycles. The van der Waals surface area contributed by atoms with Gasteiger partial charge in [-0.3, -0.25) is 14.5 Å². The summed E-state index contributed by atoms with van der Waals surface area (Å²) in [7, 11) is 1.27. The number of fused-ring (bicyclic) bond motifs is 1. The van der Waals surface area contributed by atoms with Gasteiger partial charge in [0.2, 0.25) is 5.91 Å². The summed E-state index contributed by atoms with van der Waals surface area (Å²) in [6, 6.07) is 14.2. The smallest absolute Gasteiger partial charge is 0.328 e. The van der Waals surface area contributed by atoms with Crippen LogP contribution in [-0.4, -0.2) is 47.0 Å². The molecule has 31 heavy (non-hydrogen) atoms. The van der Waals surface area contributed by atoms with Gasteiger partial charge in [0.1, 0.15) is 12.1 Å². The van der Waals surface area contributed by atoms with Crippen LogP contribution >= 0.6 is 0 Å². The summed E-state index contributed by atoms with van der Waals surface area (Å²) >= 11 is 0. The van der Waals surface area contributed by atoms with E-state index in [1.54, 1.807) is 24.3 Å². The molecule has 2 aromatic rings. The summed E-state index contributed by atoms with van der Waals surface area (Å²) in [5.74, 6) is -1.34. The van der Waals surface area contributed by atoms with E-state index in [-0.39, 0.29) is 12.3 Å². The highest BCUT2D eigenvalue weighted by molar-refractivity contribution is 6.02. The summed E-state index contributed by atoms with van der Waals surface area (Å²) in [6.07, 6.45) is -0.656. The van der Waals surface area contributed by atoms with E-state index in [1.807, 2.05) is 44.2 Å². The number of carbonyl (C=O) groups excluding carboxylic acids is 3. The minimum absolute atomic E-state index is 0.139. The first-order valence-corrected chi connectivity index (χ1v) is 10.3. The van der Waals surface area contributed by atoms with E-state index in [1.165, 1.54) is 12.0 Å². The highest BCUT2D eigenvalue weighted by atomic mass is 16.5. The van der Waals surface area contributed by atoms with Crippen molar-refractivity contribution in [2.45, 2.75) is 45.0 Å². The fraction of sp³-hybridized carbons (Fsp3) is 0.375. The number of rotatable bonds is 8. The Bertz CT molecular complexity index is 944. The molecule has 2 amide bonds. The zero-order valence-corrected chi connectivity index (χ0v) is 17.9. The van der Waals surface area contributed by atoms with Crippen LogP contribution < -0.4 is 5.32 Å². The Morgan fingerprint density at radius 1 is 1.10 bits per heavy atom. The number of aliphatic hydroxyl groups is 1. The lowest BCUT2D eigenvalue weighted by Gasteiger charge is -2.31. The summed E-state index contributed by atoms with van der Waals surface area (Å²) in [6.45, 7) is 3.88. The number of ether oxygens (including phenoxy) is 1.